The third-order valence-corrected chi connectivity index (χ3v) is 5.54. The first-order valence-electron chi connectivity index (χ1n) is 10.3. The van der Waals surface area contributed by atoms with Gasteiger partial charge in [0.25, 0.3) is 0 Å². The van der Waals surface area contributed by atoms with Gasteiger partial charge in [0.05, 0.1) is 5.71 Å². The highest BCUT2D eigenvalue weighted by Gasteiger charge is 2.16. The molecule has 2 heterocycles. The van der Waals surface area contributed by atoms with Gasteiger partial charge in [-0.2, -0.15) is 0 Å². The van der Waals surface area contributed by atoms with Crippen molar-refractivity contribution in [3.05, 3.63) is 76.7 Å². The second kappa shape index (κ2) is 11.0. The van der Waals surface area contributed by atoms with Crippen molar-refractivity contribution in [3.63, 3.8) is 0 Å². The molecule has 0 radical (unpaired) electrons. The molecule has 152 valence electrons. The van der Waals surface area contributed by atoms with Crippen LogP contribution in [-0.2, 0) is 0 Å². The molecule has 29 heavy (non-hydrogen) atoms. The Morgan fingerprint density at radius 2 is 1.93 bits per heavy atom. The van der Waals surface area contributed by atoms with E-state index in [1.54, 1.807) is 6.21 Å². The molecule has 1 N–H and O–H groups in total. The van der Waals surface area contributed by atoms with Crippen molar-refractivity contribution in [2.75, 3.05) is 20.1 Å². The molecule has 1 aliphatic rings. The molecule has 1 aromatic carbocycles. The fraction of sp³-hybridized carbons (Fsp3) is 0.375. The van der Waals surface area contributed by atoms with Gasteiger partial charge in [-0.3, -0.25) is 9.98 Å². The lowest BCUT2D eigenvalue weighted by atomic mass is 9.92. The predicted molar refractivity (Wildman–Crippen MR) is 122 cm³/mol. The third-order valence-electron chi connectivity index (χ3n) is 5.28. The molecular weight excluding hydrogens is 380 g/mol. The Bertz CT molecular complexity index is 843. The number of halogens is 1. The zero-order valence-electron chi connectivity index (χ0n) is 17.0. The van der Waals surface area contributed by atoms with Crippen LogP contribution in [0.15, 0.2) is 65.4 Å². The van der Waals surface area contributed by atoms with Crippen LogP contribution in [0.4, 0.5) is 0 Å². The van der Waals surface area contributed by atoms with Crippen LogP contribution in [0.2, 0.25) is 5.02 Å². The van der Waals surface area contributed by atoms with Crippen LogP contribution in [0.3, 0.4) is 0 Å². The Morgan fingerprint density at radius 1 is 1.10 bits per heavy atom. The number of nitrogens with zero attached hydrogens (tertiary/aromatic N) is 3. The van der Waals surface area contributed by atoms with E-state index in [0.717, 1.165) is 61.6 Å². The summed E-state index contributed by atoms with van der Waals surface area (Å²) < 4.78 is 0. The van der Waals surface area contributed by atoms with Gasteiger partial charge in [-0.1, -0.05) is 35.9 Å². The van der Waals surface area contributed by atoms with Crippen LogP contribution >= 0.6 is 11.6 Å². The Balaban J connectivity index is 1.48. The highest BCUT2D eigenvalue weighted by Crippen LogP contribution is 2.28. The summed E-state index contributed by atoms with van der Waals surface area (Å²) in [5.41, 5.74) is 4.09. The molecule has 5 heteroatoms. The Kier molecular flexibility index (Phi) is 8.14. The Morgan fingerprint density at radius 3 is 2.62 bits per heavy atom. The number of nitrogens with one attached hydrogen (secondary N) is 1. The largest absolute Gasteiger partial charge is 0.306 e. The van der Waals surface area contributed by atoms with Crippen molar-refractivity contribution in [3.8, 4) is 0 Å². The lowest BCUT2D eigenvalue weighted by molar-refractivity contribution is 0.315. The van der Waals surface area contributed by atoms with E-state index in [-0.39, 0.29) is 5.92 Å². The standard InChI is InChI=1S/C24H29ClN4/c1-29(16-5-3-6-22-13-12-21(26)18-28-22)17-14-23(24-7-2-4-15-27-24)19-8-10-20(25)11-9-19/h2,4,7-11,13,15,18,23,26H,3,5-6,12,14,16-17H2,1H3. The topological polar surface area (TPSA) is 52.3 Å². The number of pyridine rings is 1. The zero-order chi connectivity index (χ0) is 20.5. The van der Waals surface area contributed by atoms with Crippen molar-refractivity contribution in [2.45, 2.75) is 38.0 Å². The van der Waals surface area contributed by atoms with Crippen LogP contribution in [0.25, 0.3) is 0 Å². The maximum Gasteiger partial charge on any atom is 0.0534 e. The van der Waals surface area contributed by atoms with Gasteiger partial charge in [-0.05, 0) is 75.6 Å². The van der Waals surface area contributed by atoms with E-state index in [2.05, 4.69) is 52.3 Å². The Hall–Kier alpha value is -2.30. The van der Waals surface area contributed by atoms with Gasteiger partial charge in [-0.15, -0.1) is 0 Å². The maximum absolute atomic E-state index is 7.55. The summed E-state index contributed by atoms with van der Waals surface area (Å²) in [6.45, 7) is 2.09. The Labute approximate surface area is 178 Å². The first-order chi connectivity index (χ1) is 14.1. The smallest absolute Gasteiger partial charge is 0.0534 e. The van der Waals surface area contributed by atoms with Gasteiger partial charge in [0.1, 0.15) is 0 Å². The molecule has 1 aromatic heterocycles. The minimum atomic E-state index is 0.271. The van der Waals surface area contributed by atoms with Crippen molar-refractivity contribution in [1.29, 1.82) is 5.41 Å². The molecule has 0 saturated carbocycles. The van der Waals surface area contributed by atoms with E-state index in [1.807, 2.05) is 24.4 Å². The quantitative estimate of drug-likeness (QED) is 0.510. The summed E-state index contributed by atoms with van der Waals surface area (Å²) in [5, 5.41) is 8.32. The average Bonchev–Trinajstić information content (AvgIpc) is 2.75. The average molecular weight is 409 g/mol. The van der Waals surface area contributed by atoms with Crippen LogP contribution in [-0.4, -0.2) is 41.9 Å². The molecule has 0 aliphatic carbocycles. The summed E-state index contributed by atoms with van der Waals surface area (Å²) in [7, 11) is 2.19. The number of hydrogen-bond donors (Lipinski definition) is 1. The number of allylic oxidation sites excluding steroid dienone is 2. The fourth-order valence-electron chi connectivity index (χ4n) is 3.57. The highest BCUT2D eigenvalue weighted by atomic mass is 35.5. The SMILES string of the molecule is CN(CCCCC1=CCC(=N)C=N1)CCC(c1ccc(Cl)cc1)c1ccccn1. The van der Waals surface area contributed by atoms with Gasteiger partial charge in [0, 0.05) is 41.2 Å². The number of rotatable bonds is 10. The minimum absolute atomic E-state index is 0.271. The lowest BCUT2D eigenvalue weighted by Crippen LogP contribution is -2.23. The van der Waals surface area contributed by atoms with Gasteiger partial charge in [-0.25, -0.2) is 0 Å². The maximum atomic E-state index is 7.55. The van der Waals surface area contributed by atoms with Crippen molar-refractivity contribution < 1.29 is 0 Å². The molecule has 3 rings (SSSR count). The summed E-state index contributed by atoms with van der Waals surface area (Å²) in [6.07, 6.45) is 10.6. The second-order valence-electron chi connectivity index (χ2n) is 7.59. The molecule has 0 saturated heterocycles. The first-order valence-corrected chi connectivity index (χ1v) is 10.6. The summed E-state index contributed by atoms with van der Waals surface area (Å²) >= 11 is 6.08. The molecule has 4 nitrogen and oxygen atoms in total. The predicted octanol–water partition coefficient (Wildman–Crippen LogP) is 5.74. The van der Waals surface area contributed by atoms with E-state index in [4.69, 9.17) is 17.0 Å². The van der Waals surface area contributed by atoms with E-state index < -0.39 is 0 Å². The van der Waals surface area contributed by atoms with E-state index in [9.17, 15) is 0 Å². The van der Waals surface area contributed by atoms with E-state index in [1.165, 1.54) is 5.56 Å². The van der Waals surface area contributed by atoms with Crippen LogP contribution in [0, 0.1) is 5.41 Å². The normalized spacial score (nSPS) is 14.9. The van der Waals surface area contributed by atoms with Gasteiger partial charge >= 0.3 is 0 Å². The molecule has 1 atom stereocenters. The number of unbranched alkanes of at least 4 members (excludes halogenated alkanes) is 1. The van der Waals surface area contributed by atoms with Crippen LogP contribution in [0.5, 0.6) is 0 Å². The van der Waals surface area contributed by atoms with Crippen molar-refractivity contribution in [1.82, 2.24) is 9.88 Å². The molecule has 0 fully saturated rings. The zero-order valence-corrected chi connectivity index (χ0v) is 17.8. The van der Waals surface area contributed by atoms with Gasteiger partial charge in [0.15, 0.2) is 0 Å². The molecule has 1 aliphatic heterocycles. The van der Waals surface area contributed by atoms with Crippen molar-refractivity contribution >= 4 is 23.5 Å². The van der Waals surface area contributed by atoms with E-state index in [0.29, 0.717) is 5.71 Å². The fourth-order valence-corrected chi connectivity index (χ4v) is 3.70. The van der Waals surface area contributed by atoms with Gasteiger partial charge < -0.3 is 10.3 Å². The summed E-state index contributed by atoms with van der Waals surface area (Å²) in [6, 6.07) is 14.3. The number of aromatic nitrogens is 1. The van der Waals surface area contributed by atoms with Crippen LogP contribution in [0.1, 0.15) is 49.3 Å². The minimum Gasteiger partial charge on any atom is -0.306 e. The molecule has 0 bridgehead atoms. The molecule has 0 spiro atoms. The van der Waals surface area contributed by atoms with Crippen molar-refractivity contribution in [2.24, 2.45) is 4.99 Å². The molecule has 1 unspecified atom stereocenters. The highest BCUT2D eigenvalue weighted by molar-refractivity contribution is 6.30. The molecule has 0 amide bonds. The number of aliphatic imine (C=N–C) groups is 1. The second-order valence-corrected chi connectivity index (χ2v) is 8.03. The first kappa shape index (κ1) is 21.4. The molecule has 2 aromatic rings. The number of hydrogen-bond acceptors (Lipinski definition) is 4. The molecular formula is C24H29ClN4. The van der Waals surface area contributed by atoms with E-state index >= 15 is 0 Å². The summed E-state index contributed by atoms with van der Waals surface area (Å²) in [5.74, 6) is 0.271. The lowest BCUT2D eigenvalue weighted by Gasteiger charge is -2.22. The monoisotopic (exact) mass is 408 g/mol. The summed E-state index contributed by atoms with van der Waals surface area (Å²) in [4.78, 5) is 11.3. The number of benzene rings is 1. The third kappa shape index (κ3) is 6.91. The van der Waals surface area contributed by atoms with Crippen LogP contribution < -0.4 is 0 Å². The van der Waals surface area contributed by atoms with Gasteiger partial charge in [0.2, 0.25) is 0 Å².